The van der Waals surface area contributed by atoms with Gasteiger partial charge in [-0.1, -0.05) is 72.9 Å². The maximum absolute atomic E-state index is 6.23. The molecule has 0 spiro atoms. The van der Waals surface area contributed by atoms with Crippen molar-refractivity contribution in [2.75, 3.05) is 0 Å². The summed E-state index contributed by atoms with van der Waals surface area (Å²) < 4.78 is 0. The van der Waals surface area contributed by atoms with Gasteiger partial charge in [-0.25, -0.2) is 0 Å². The molecule has 0 aliphatic heterocycles. The fourth-order valence-electron chi connectivity index (χ4n) is 2.31. The topological polar surface area (TPSA) is 12.0 Å². The van der Waals surface area contributed by atoms with Crippen LogP contribution in [0.15, 0.2) is 42.5 Å². The van der Waals surface area contributed by atoms with Crippen LogP contribution in [0.4, 0.5) is 0 Å². The molecule has 0 bridgehead atoms. The molecule has 0 aliphatic carbocycles. The summed E-state index contributed by atoms with van der Waals surface area (Å²) in [6.45, 7) is 5.04. The van der Waals surface area contributed by atoms with E-state index in [0.717, 1.165) is 10.6 Å². The quantitative estimate of drug-likeness (QED) is 0.688. The Kier molecular flexibility index (Phi) is 5.95. The van der Waals surface area contributed by atoms with Crippen LogP contribution >= 0.6 is 34.8 Å². The summed E-state index contributed by atoms with van der Waals surface area (Å²) >= 11 is 18.2. The highest BCUT2D eigenvalue weighted by Gasteiger charge is 2.16. The molecule has 112 valence electrons. The van der Waals surface area contributed by atoms with Crippen molar-refractivity contribution in [3.63, 3.8) is 0 Å². The molecule has 2 aromatic carbocycles. The molecule has 21 heavy (non-hydrogen) atoms. The molecule has 0 saturated heterocycles. The van der Waals surface area contributed by atoms with Crippen molar-refractivity contribution in [1.82, 2.24) is 5.32 Å². The molecule has 0 amide bonds. The molecule has 2 aromatic rings. The molecular formula is C17H18Cl3N. The van der Waals surface area contributed by atoms with E-state index in [4.69, 9.17) is 34.8 Å². The number of benzene rings is 2. The smallest absolute Gasteiger partial charge is 0.0637 e. The van der Waals surface area contributed by atoms with E-state index in [1.807, 2.05) is 24.3 Å². The lowest BCUT2D eigenvalue weighted by Gasteiger charge is -2.23. The summed E-state index contributed by atoms with van der Waals surface area (Å²) in [5.41, 5.74) is 2.22. The first-order valence-electron chi connectivity index (χ1n) is 6.90. The van der Waals surface area contributed by atoms with Crippen LogP contribution in [0.25, 0.3) is 0 Å². The zero-order valence-electron chi connectivity index (χ0n) is 12.0. The second kappa shape index (κ2) is 7.51. The zero-order chi connectivity index (χ0) is 15.4. The minimum Gasteiger partial charge on any atom is -0.306 e. The van der Waals surface area contributed by atoms with Gasteiger partial charge in [0, 0.05) is 17.6 Å². The second-order valence-electron chi connectivity index (χ2n) is 5.37. The fraction of sp³-hybridized carbons (Fsp3) is 0.294. The Balaban J connectivity index is 2.14. The van der Waals surface area contributed by atoms with Crippen LogP contribution in [0.1, 0.15) is 31.0 Å². The predicted octanol–water partition coefficient (Wildman–Crippen LogP) is 6.13. The van der Waals surface area contributed by atoms with Crippen LogP contribution in [0.3, 0.4) is 0 Å². The average Bonchev–Trinajstić information content (AvgIpc) is 2.45. The molecule has 0 saturated carbocycles. The molecule has 1 atom stereocenters. The van der Waals surface area contributed by atoms with Gasteiger partial charge in [0.1, 0.15) is 0 Å². The van der Waals surface area contributed by atoms with E-state index < -0.39 is 0 Å². The molecule has 0 heterocycles. The van der Waals surface area contributed by atoms with Gasteiger partial charge >= 0.3 is 0 Å². The second-order valence-corrected chi connectivity index (χ2v) is 6.59. The third kappa shape index (κ3) is 4.37. The highest BCUT2D eigenvalue weighted by Crippen LogP contribution is 2.28. The van der Waals surface area contributed by atoms with Crippen molar-refractivity contribution < 1.29 is 0 Å². The standard InChI is InChI=1S/C17H18Cl3N/c1-11(2)17(12-6-8-14(18)9-7-12)21-10-13-4-3-5-15(19)16(13)20/h3-9,11,17,21H,10H2,1-2H3. The Labute approximate surface area is 141 Å². The van der Waals surface area contributed by atoms with Crippen molar-refractivity contribution in [3.05, 3.63) is 68.7 Å². The van der Waals surface area contributed by atoms with Gasteiger partial charge in [0.05, 0.1) is 10.0 Å². The summed E-state index contributed by atoms with van der Waals surface area (Å²) in [4.78, 5) is 0. The van der Waals surface area contributed by atoms with Crippen LogP contribution in [-0.4, -0.2) is 0 Å². The Morgan fingerprint density at radius 3 is 2.24 bits per heavy atom. The third-order valence-electron chi connectivity index (χ3n) is 3.44. The molecule has 0 radical (unpaired) electrons. The van der Waals surface area contributed by atoms with Crippen molar-refractivity contribution in [2.45, 2.75) is 26.4 Å². The first kappa shape index (κ1) is 16.6. The average molecular weight is 343 g/mol. The summed E-state index contributed by atoms with van der Waals surface area (Å²) in [6.07, 6.45) is 0. The lowest BCUT2D eigenvalue weighted by molar-refractivity contribution is 0.410. The molecule has 1 unspecified atom stereocenters. The van der Waals surface area contributed by atoms with Crippen molar-refractivity contribution in [2.24, 2.45) is 5.92 Å². The number of nitrogens with one attached hydrogen (secondary N) is 1. The molecule has 1 nitrogen and oxygen atoms in total. The van der Waals surface area contributed by atoms with Gasteiger partial charge in [0.2, 0.25) is 0 Å². The fourth-order valence-corrected chi connectivity index (χ4v) is 2.83. The monoisotopic (exact) mass is 341 g/mol. The molecular weight excluding hydrogens is 325 g/mol. The van der Waals surface area contributed by atoms with Crippen LogP contribution < -0.4 is 5.32 Å². The molecule has 1 N–H and O–H groups in total. The van der Waals surface area contributed by atoms with Crippen LogP contribution in [-0.2, 0) is 6.54 Å². The minimum absolute atomic E-state index is 0.234. The van der Waals surface area contributed by atoms with Crippen molar-refractivity contribution in [1.29, 1.82) is 0 Å². The predicted molar refractivity (Wildman–Crippen MR) is 92.3 cm³/mol. The van der Waals surface area contributed by atoms with Crippen LogP contribution in [0.2, 0.25) is 15.1 Å². The Morgan fingerprint density at radius 1 is 0.952 bits per heavy atom. The molecule has 2 rings (SSSR count). The SMILES string of the molecule is CC(C)C(NCc1cccc(Cl)c1Cl)c1ccc(Cl)cc1. The summed E-state index contributed by atoms with van der Waals surface area (Å²) in [5, 5.41) is 5.50. The normalized spacial score (nSPS) is 12.7. The van der Waals surface area contributed by atoms with Gasteiger partial charge in [-0.15, -0.1) is 0 Å². The van der Waals surface area contributed by atoms with Gasteiger partial charge in [-0.05, 0) is 35.2 Å². The highest BCUT2D eigenvalue weighted by molar-refractivity contribution is 6.42. The first-order valence-corrected chi connectivity index (χ1v) is 8.04. The van der Waals surface area contributed by atoms with Gasteiger partial charge in [0.25, 0.3) is 0 Å². The zero-order valence-corrected chi connectivity index (χ0v) is 14.3. The molecule has 4 heteroatoms. The van der Waals surface area contributed by atoms with E-state index in [2.05, 4.69) is 31.3 Å². The lowest BCUT2D eigenvalue weighted by Crippen LogP contribution is -2.25. The Hall–Kier alpha value is -0.730. The number of hydrogen-bond donors (Lipinski definition) is 1. The van der Waals surface area contributed by atoms with Crippen LogP contribution in [0, 0.1) is 5.92 Å². The molecule has 0 aromatic heterocycles. The van der Waals surface area contributed by atoms with Gasteiger partial charge in [-0.2, -0.15) is 0 Å². The number of rotatable bonds is 5. The lowest BCUT2D eigenvalue weighted by atomic mass is 9.96. The number of hydrogen-bond acceptors (Lipinski definition) is 1. The highest BCUT2D eigenvalue weighted by atomic mass is 35.5. The van der Waals surface area contributed by atoms with E-state index in [1.165, 1.54) is 5.56 Å². The third-order valence-corrected chi connectivity index (χ3v) is 4.55. The maximum atomic E-state index is 6.23. The Morgan fingerprint density at radius 2 is 1.62 bits per heavy atom. The van der Waals surface area contributed by atoms with Gasteiger partial charge in [-0.3, -0.25) is 0 Å². The number of halogens is 3. The summed E-state index contributed by atoms with van der Waals surface area (Å²) in [5.74, 6) is 0.448. The van der Waals surface area contributed by atoms with Gasteiger partial charge < -0.3 is 5.32 Å². The van der Waals surface area contributed by atoms with E-state index in [0.29, 0.717) is 22.5 Å². The molecule has 0 fully saturated rings. The summed E-state index contributed by atoms with van der Waals surface area (Å²) in [6, 6.07) is 13.9. The minimum atomic E-state index is 0.234. The van der Waals surface area contributed by atoms with Gasteiger partial charge in [0.15, 0.2) is 0 Å². The maximum Gasteiger partial charge on any atom is 0.0637 e. The summed E-state index contributed by atoms with van der Waals surface area (Å²) in [7, 11) is 0. The largest absolute Gasteiger partial charge is 0.306 e. The van der Waals surface area contributed by atoms with Crippen molar-refractivity contribution in [3.8, 4) is 0 Å². The first-order chi connectivity index (χ1) is 9.99. The van der Waals surface area contributed by atoms with Crippen LogP contribution in [0.5, 0.6) is 0 Å². The molecule has 0 aliphatic rings. The Bertz CT molecular complexity index is 593. The van der Waals surface area contributed by atoms with E-state index >= 15 is 0 Å². The van der Waals surface area contributed by atoms with E-state index in [1.54, 1.807) is 6.07 Å². The van der Waals surface area contributed by atoms with E-state index in [9.17, 15) is 0 Å². The van der Waals surface area contributed by atoms with E-state index in [-0.39, 0.29) is 6.04 Å². The van der Waals surface area contributed by atoms with Crippen molar-refractivity contribution >= 4 is 34.8 Å².